The minimum atomic E-state index is -0.679. The van der Waals surface area contributed by atoms with Gasteiger partial charge in [-0.3, -0.25) is 4.79 Å². The van der Waals surface area contributed by atoms with Crippen LogP contribution in [0.25, 0.3) is 5.78 Å². The fourth-order valence-electron chi connectivity index (χ4n) is 2.78. The zero-order chi connectivity index (χ0) is 15.4. The molecule has 3 heterocycles. The summed E-state index contributed by atoms with van der Waals surface area (Å²) in [6.45, 7) is 7.04. The smallest absolute Gasteiger partial charge is 0.255 e. The third kappa shape index (κ3) is 1.95. The molecule has 1 fully saturated rings. The number of fused-ring (bicyclic) bond motifs is 1. The third-order valence-corrected chi connectivity index (χ3v) is 4.40. The molecule has 2 aromatic heterocycles. The van der Waals surface area contributed by atoms with Crippen LogP contribution in [0, 0.1) is 6.92 Å². The second-order valence-corrected chi connectivity index (χ2v) is 6.12. The van der Waals surface area contributed by atoms with E-state index in [1.807, 2.05) is 32.7 Å². The fraction of sp³-hybridized carbons (Fsp3) is 0.538. The van der Waals surface area contributed by atoms with Gasteiger partial charge in [-0.1, -0.05) is 11.6 Å². The van der Waals surface area contributed by atoms with Gasteiger partial charge in [0, 0.05) is 25.7 Å². The molecule has 0 aromatic carbocycles. The standard InChI is InChI=1S/C13H17ClN6O/c1-8-9(14)17-12-15-7-16-20(12)10(8)19-6-5-18(4)11(21)13(19,2)3/h7H,5-6H2,1-4H3. The van der Waals surface area contributed by atoms with Crippen LogP contribution in [0.2, 0.25) is 5.15 Å². The van der Waals surface area contributed by atoms with Crippen molar-refractivity contribution in [1.82, 2.24) is 24.5 Å². The Labute approximate surface area is 127 Å². The van der Waals surface area contributed by atoms with Gasteiger partial charge in [-0.05, 0) is 20.8 Å². The number of hydrogen-bond donors (Lipinski definition) is 0. The molecule has 8 heteroatoms. The molecule has 112 valence electrons. The van der Waals surface area contributed by atoms with E-state index in [9.17, 15) is 4.79 Å². The van der Waals surface area contributed by atoms with E-state index in [1.54, 1.807) is 9.42 Å². The Balaban J connectivity index is 2.22. The number of halogens is 1. The van der Waals surface area contributed by atoms with Crippen LogP contribution >= 0.6 is 11.6 Å². The van der Waals surface area contributed by atoms with Crippen molar-refractivity contribution in [3.8, 4) is 0 Å². The zero-order valence-electron chi connectivity index (χ0n) is 12.5. The summed E-state index contributed by atoms with van der Waals surface area (Å²) in [4.78, 5) is 24.6. The first-order chi connectivity index (χ1) is 9.84. The summed E-state index contributed by atoms with van der Waals surface area (Å²) in [7, 11) is 1.82. The third-order valence-electron chi connectivity index (χ3n) is 4.03. The molecule has 0 bridgehead atoms. The quantitative estimate of drug-likeness (QED) is 0.739. The Bertz CT molecular complexity index is 725. The average Bonchev–Trinajstić information content (AvgIpc) is 2.87. The van der Waals surface area contributed by atoms with Crippen molar-refractivity contribution in [3.05, 3.63) is 17.0 Å². The molecule has 1 aliphatic heterocycles. The van der Waals surface area contributed by atoms with E-state index in [0.29, 0.717) is 24.0 Å². The zero-order valence-corrected chi connectivity index (χ0v) is 13.2. The van der Waals surface area contributed by atoms with Crippen molar-refractivity contribution in [2.45, 2.75) is 26.3 Å². The van der Waals surface area contributed by atoms with E-state index < -0.39 is 5.54 Å². The van der Waals surface area contributed by atoms with Crippen LogP contribution in [0.5, 0.6) is 0 Å². The van der Waals surface area contributed by atoms with Gasteiger partial charge in [0.15, 0.2) is 0 Å². The summed E-state index contributed by atoms with van der Waals surface area (Å²) in [5.74, 6) is 1.27. The topological polar surface area (TPSA) is 66.6 Å². The van der Waals surface area contributed by atoms with Gasteiger partial charge < -0.3 is 9.80 Å². The summed E-state index contributed by atoms with van der Waals surface area (Å²) in [5.41, 5.74) is 0.113. The van der Waals surface area contributed by atoms with Gasteiger partial charge in [-0.15, -0.1) is 0 Å². The van der Waals surface area contributed by atoms with Crippen molar-refractivity contribution >= 4 is 29.1 Å². The molecule has 0 unspecified atom stereocenters. The van der Waals surface area contributed by atoms with Crippen molar-refractivity contribution in [3.63, 3.8) is 0 Å². The molecule has 21 heavy (non-hydrogen) atoms. The number of hydrogen-bond acceptors (Lipinski definition) is 5. The van der Waals surface area contributed by atoms with E-state index in [-0.39, 0.29) is 5.91 Å². The first-order valence-corrected chi connectivity index (χ1v) is 7.11. The van der Waals surface area contributed by atoms with Crippen LogP contribution < -0.4 is 4.90 Å². The SMILES string of the molecule is Cc1c(Cl)nc2ncnn2c1N1CCN(C)C(=O)C1(C)C. The Morgan fingerprint density at radius 3 is 2.76 bits per heavy atom. The largest absolute Gasteiger partial charge is 0.342 e. The molecule has 2 aromatic rings. The fourth-order valence-corrected chi connectivity index (χ4v) is 2.94. The second kappa shape index (κ2) is 4.56. The number of likely N-dealkylation sites (N-methyl/N-ethyl adjacent to an activating group) is 1. The van der Waals surface area contributed by atoms with Gasteiger partial charge in [0.05, 0.1) is 0 Å². The van der Waals surface area contributed by atoms with Gasteiger partial charge in [-0.25, -0.2) is 0 Å². The normalized spacial score (nSPS) is 18.6. The highest BCUT2D eigenvalue weighted by atomic mass is 35.5. The molecule has 1 aliphatic rings. The summed E-state index contributed by atoms with van der Waals surface area (Å²) in [6, 6.07) is 0. The molecular weight excluding hydrogens is 292 g/mol. The van der Waals surface area contributed by atoms with E-state index in [1.165, 1.54) is 6.33 Å². The Morgan fingerprint density at radius 2 is 2.05 bits per heavy atom. The summed E-state index contributed by atoms with van der Waals surface area (Å²) >= 11 is 6.21. The molecular formula is C13H17ClN6O. The molecule has 3 rings (SSSR count). The lowest BCUT2D eigenvalue weighted by molar-refractivity contribution is -0.136. The number of nitrogens with zero attached hydrogens (tertiary/aromatic N) is 6. The second-order valence-electron chi connectivity index (χ2n) is 5.76. The summed E-state index contributed by atoms with van der Waals surface area (Å²) in [5, 5.41) is 4.61. The van der Waals surface area contributed by atoms with E-state index >= 15 is 0 Å². The molecule has 0 atom stereocenters. The minimum Gasteiger partial charge on any atom is -0.342 e. The van der Waals surface area contributed by atoms with E-state index in [4.69, 9.17) is 11.6 Å². The van der Waals surface area contributed by atoms with Crippen LogP contribution in [0.3, 0.4) is 0 Å². The number of carbonyl (C=O) groups excluding carboxylic acids is 1. The molecule has 0 spiro atoms. The lowest BCUT2D eigenvalue weighted by atomic mass is 9.97. The van der Waals surface area contributed by atoms with Crippen LogP contribution in [0.1, 0.15) is 19.4 Å². The van der Waals surface area contributed by atoms with E-state index in [2.05, 4.69) is 15.1 Å². The van der Waals surface area contributed by atoms with Gasteiger partial charge in [0.25, 0.3) is 5.78 Å². The number of amides is 1. The van der Waals surface area contributed by atoms with Gasteiger partial charge in [-0.2, -0.15) is 19.6 Å². The van der Waals surface area contributed by atoms with Crippen LogP contribution in [-0.4, -0.2) is 56.1 Å². The average molecular weight is 309 g/mol. The predicted octanol–water partition coefficient (Wildman–Crippen LogP) is 1.14. The van der Waals surface area contributed by atoms with E-state index in [0.717, 1.165) is 11.4 Å². The Kier molecular flexibility index (Phi) is 3.05. The maximum Gasteiger partial charge on any atom is 0.255 e. The molecule has 0 N–H and O–H groups in total. The van der Waals surface area contributed by atoms with Crippen LogP contribution in [-0.2, 0) is 4.79 Å². The lowest BCUT2D eigenvalue weighted by Crippen LogP contribution is -2.62. The highest BCUT2D eigenvalue weighted by Crippen LogP contribution is 2.33. The maximum atomic E-state index is 12.5. The first-order valence-electron chi connectivity index (χ1n) is 6.73. The number of piperazine rings is 1. The minimum absolute atomic E-state index is 0.0642. The molecule has 0 radical (unpaired) electrons. The maximum absolute atomic E-state index is 12.5. The highest BCUT2D eigenvalue weighted by Gasteiger charge is 2.42. The molecule has 7 nitrogen and oxygen atoms in total. The number of anilines is 1. The van der Waals surface area contributed by atoms with Gasteiger partial charge >= 0.3 is 0 Å². The van der Waals surface area contributed by atoms with Crippen molar-refractivity contribution in [1.29, 1.82) is 0 Å². The monoisotopic (exact) mass is 308 g/mol. The molecule has 1 saturated heterocycles. The number of rotatable bonds is 1. The molecule has 0 saturated carbocycles. The van der Waals surface area contributed by atoms with Crippen LogP contribution in [0.4, 0.5) is 5.82 Å². The van der Waals surface area contributed by atoms with Crippen molar-refractivity contribution < 1.29 is 4.79 Å². The summed E-state index contributed by atoms with van der Waals surface area (Å²) in [6.07, 6.45) is 1.44. The molecule has 0 aliphatic carbocycles. The number of aromatic nitrogens is 4. The first kappa shape index (κ1) is 14.1. The van der Waals surface area contributed by atoms with Crippen LogP contribution in [0.15, 0.2) is 6.33 Å². The number of carbonyl (C=O) groups is 1. The van der Waals surface area contributed by atoms with Crippen molar-refractivity contribution in [2.24, 2.45) is 0 Å². The Morgan fingerprint density at radius 1 is 1.33 bits per heavy atom. The predicted molar refractivity (Wildman–Crippen MR) is 79.6 cm³/mol. The highest BCUT2D eigenvalue weighted by molar-refractivity contribution is 6.30. The van der Waals surface area contributed by atoms with Gasteiger partial charge in [0.1, 0.15) is 22.8 Å². The molecule has 1 amide bonds. The van der Waals surface area contributed by atoms with Gasteiger partial charge in [0.2, 0.25) is 5.91 Å². The Hall–Kier alpha value is -1.89. The summed E-state index contributed by atoms with van der Waals surface area (Å²) < 4.78 is 1.64. The van der Waals surface area contributed by atoms with Crippen molar-refractivity contribution in [2.75, 3.05) is 25.0 Å². The lowest BCUT2D eigenvalue weighted by Gasteiger charge is -2.46.